The molecular weight excluding hydrogens is 262 g/mol. The Balaban J connectivity index is 1.71. The van der Waals surface area contributed by atoms with E-state index in [1.54, 1.807) is 0 Å². The molecule has 0 aliphatic heterocycles. The molecule has 21 heavy (non-hydrogen) atoms. The summed E-state index contributed by atoms with van der Waals surface area (Å²) in [7, 11) is 0. The standard InChI is InChI=1S/C17H23N3O/c1-2-10-18-13-16-7-5-8-17(20-16)14-21-12-9-15-6-3-4-11-19-15/h3-8,11,18H,2,9-10,12-14H2,1H3. The maximum absolute atomic E-state index is 5.68. The maximum Gasteiger partial charge on any atom is 0.0888 e. The average Bonchev–Trinajstić information content (AvgIpc) is 2.53. The molecule has 0 unspecified atom stereocenters. The van der Waals surface area contributed by atoms with E-state index in [1.165, 1.54) is 0 Å². The zero-order valence-corrected chi connectivity index (χ0v) is 12.6. The Bertz CT molecular complexity index is 516. The van der Waals surface area contributed by atoms with Crippen LogP contribution in [0, 0.1) is 0 Å². The second-order valence-corrected chi connectivity index (χ2v) is 4.92. The van der Waals surface area contributed by atoms with E-state index < -0.39 is 0 Å². The molecule has 2 heterocycles. The number of hydrogen-bond acceptors (Lipinski definition) is 4. The Labute approximate surface area is 126 Å². The lowest BCUT2D eigenvalue weighted by Crippen LogP contribution is -2.15. The third-order valence-electron chi connectivity index (χ3n) is 3.08. The van der Waals surface area contributed by atoms with Crippen molar-refractivity contribution in [1.82, 2.24) is 15.3 Å². The molecule has 1 N–H and O–H groups in total. The van der Waals surface area contributed by atoms with Gasteiger partial charge in [-0.25, -0.2) is 0 Å². The highest BCUT2D eigenvalue weighted by molar-refractivity contribution is 5.10. The van der Waals surface area contributed by atoms with E-state index in [9.17, 15) is 0 Å². The lowest BCUT2D eigenvalue weighted by molar-refractivity contribution is 0.120. The number of aromatic nitrogens is 2. The van der Waals surface area contributed by atoms with Crippen molar-refractivity contribution in [3.05, 3.63) is 59.7 Å². The van der Waals surface area contributed by atoms with Gasteiger partial charge in [0, 0.05) is 24.9 Å². The molecule has 0 saturated heterocycles. The zero-order valence-electron chi connectivity index (χ0n) is 12.6. The SMILES string of the molecule is CCCNCc1cccc(COCCc2ccccn2)n1. The van der Waals surface area contributed by atoms with Crippen molar-refractivity contribution in [3.8, 4) is 0 Å². The minimum atomic E-state index is 0.550. The third kappa shape index (κ3) is 6.02. The van der Waals surface area contributed by atoms with E-state index in [1.807, 2.05) is 42.6 Å². The Hall–Kier alpha value is -1.78. The van der Waals surface area contributed by atoms with Crippen molar-refractivity contribution in [3.63, 3.8) is 0 Å². The summed E-state index contributed by atoms with van der Waals surface area (Å²) >= 11 is 0. The first-order valence-electron chi connectivity index (χ1n) is 7.51. The summed E-state index contributed by atoms with van der Waals surface area (Å²) in [4.78, 5) is 8.86. The highest BCUT2D eigenvalue weighted by Gasteiger charge is 1.99. The summed E-state index contributed by atoms with van der Waals surface area (Å²) in [5.41, 5.74) is 3.10. The van der Waals surface area contributed by atoms with Crippen LogP contribution >= 0.6 is 0 Å². The van der Waals surface area contributed by atoms with Crippen LogP contribution in [0.15, 0.2) is 42.6 Å². The van der Waals surface area contributed by atoms with Gasteiger partial charge in [-0.05, 0) is 37.2 Å². The van der Waals surface area contributed by atoms with Crippen molar-refractivity contribution in [1.29, 1.82) is 0 Å². The van der Waals surface area contributed by atoms with Crippen LogP contribution in [0.1, 0.15) is 30.4 Å². The number of rotatable bonds is 9. The molecule has 0 amide bonds. The average molecular weight is 285 g/mol. The summed E-state index contributed by atoms with van der Waals surface area (Å²) in [6, 6.07) is 12.0. The molecule has 2 aromatic rings. The molecule has 0 spiro atoms. The van der Waals surface area contributed by atoms with Crippen molar-refractivity contribution in [2.24, 2.45) is 0 Å². The second kappa shape index (κ2) is 9.21. The van der Waals surface area contributed by atoms with Crippen molar-refractivity contribution >= 4 is 0 Å². The van der Waals surface area contributed by atoms with Gasteiger partial charge >= 0.3 is 0 Å². The van der Waals surface area contributed by atoms with E-state index in [-0.39, 0.29) is 0 Å². The molecule has 0 bridgehead atoms. The number of hydrogen-bond donors (Lipinski definition) is 1. The predicted octanol–water partition coefficient (Wildman–Crippen LogP) is 2.74. The molecule has 0 aliphatic rings. The summed E-state index contributed by atoms with van der Waals surface area (Å²) in [5.74, 6) is 0. The van der Waals surface area contributed by atoms with Crippen LogP contribution in [-0.2, 0) is 24.3 Å². The van der Waals surface area contributed by atoms with Gasteiger partial charge in [-0.1, -0.05) is 19.1 Å². The lowest BCUT2D eigenvalue weighted by atomic mass is 10.3. The van der Waals surface area contributed by atoms with E-state index in [0.29, 0.717) is 13.2 Å². The first kappa shape index (κ1) is 15.6. The van der Waals surface area contributed by atoms with Crippen LogP contribution in [-0.4, -0.2) is 23.1 Å². The minimum absolute atomic E-state index is 0.550. The number of nitrogens with one attached hydrogen (secondary N) is 1. The molecule has 0 atom stereocenters. The summed E-state index contributed by atoms with van der Waals surface area (Å²) < 4.78 is 5.68. The maximum atomic E-state index is 5.68. The quantitative estimate of drug-likeness (QED) is 0.720. The molecule has 0 aliphatic carbocycles. The van der Waals surface area contributed by atoms with Crippen LogP contribution in [0.4, 0.5) is 0 Å². The lowest BCUT2D eigenvalue weighted by Gasteiger charge is -2.07. The zero-order chi connectivity index (χ0) is 14.8. The van der Waals surface area contributed by atoms with Crippen molar-refractivity contribution < 1.29 is 4.74 Å². The molecule has 112 valence electrons. The van der Waals surface area contributed by atoms with Crippen LogP contribution in [0.2, 0.25) is 0 Å². The van der Waals surface area contributed by atoms with Gasteiger partial charge in [0.25, 0.3) is 0 Å². The summed E-state index contributed by atoms with van der Waals surface area (Å²) in [6.45, 7) is 5.21. The van der Waals surface area contributed by atoms with E-state index in [2.05, 4.69) is 22.2 Å². The molecule has 2 rings (SSSR count). The highest BCUT2D eigenvalue weighted by atomic mass is 16.5. The van der Waals surface area contributed by atoms with Gasteiger partial charge in [0.15, 0.2) is 0 Å². The first-order chi connectivity index (χ1) is 10.4. The van der Waals surface area contributed by atoms with Gasteiger partial charge in [-0.15, -0.1) is 0 Å². The molecule has 0 aromatic carbocycles. The van der Waals surface area contributed by atoms with Gasteiger partial charge in [0.2, 0.25) is 0 Å². The fraction of sp³-hybridized carbons (Fsp3) is 0.412. The molecule has 0 saturated carbocycles. The Kier molecular flexibility index (Phi) is 6.84. The smallest absolute Gasteiger partial charge is 0.0888 e. The first-order valence-corrected chi connectivity index (χ1v) is 7.51. The monoisotopic (exact) mass is 285 g/mol. The fourth-order valence-electron chi connectivity index (χ4n) is 2.00. The molecule has 0 radical (unpaired) electrons. The van der Waals surface area contributed by atoms with E-state index in [4.69, 9.17) is 4.74 Å². The molecular formula is C17H23N3O. The molecule has 4 nitrogen and oxygen atoms in total. The normalized spacial score (nSPS) is 10.7. The third-order valence-corrected chi connectivity index (χ3v) is 3.08. The largest absolute Gasteiger partial charge is 0.375 e. The second-order valence-electron chi connectivity index (χ2n) is 4.92. The van der Waals surface area contributed by atoms with E-state index in [0.717, 1.165) is 43.0 Å². The number of nitrogens with zero attached hydrogens (tertiary/aromatic N) is 2. The Morgan fingerprint density at radius 3 is 2.71 bits per heavy atom. The van der Waals surface area contributed by atoms with Gasteiger partial charge in [-0.3, -0.25) is 9.97 Å². The number of pyridine rings is 2. The van der Waals surface area contributed by atoms with Crippen LogP contribution in [0.5, 0.6) is 0 Å². The van der Waals surface area contributed by atoms with Crippen LogP contribution in [0.25, 0.3) is 0 Å². The Morgan fingerprint density at radius 2 is 1.90 bits per heavy atom. The van der Waals surface area contributed by atoms with Gasteiger partial charge in [0.1, 0.15) is 0 Å². The van der Waals surface area contributed by atoms with Gasteiger partial charge < -0.3 is 10.1 Å². The van der Waals surface area contributed by atoms with Crippen LogP contribution in [0.3, 0.4) is 0 Å². The van der Waals surface area contributed by atoms with Gasteiger partial charge in [0.05, 0.1) is 24.6 Å². The fourth-order valence-corrected chi connectivity index (χ4v) is 2.00. The molecule has 4 heteroatoms. The Morgan fingerprint density at radius 1 is 1.05 bits per heavy atom. The van der Waals surface area contributed by atoms with Crippen molar-refractivity contribution in [2.75, 3.05) is 13.2 Å². The van der Waals surface area contributed by atoms with Gasteiger partial charge in [-0.2, -0.15) is 0 Å². The topological polar surface area (TPSA) is 47.0 Å². The molecule has 2 aromatic heterocycles. The summed E-state index contributed by atoms with van der Waals surface area (Å²) in [6.07, 6.45) is 3.78. The minimum Gasteiger partial charge on any atom is -0.375 e. The molecule has 0 fully saturated rings. The predicted molar refractivity (Wildman–Crippen MR) is 83.8 cm³/mol. The number of ether oxygens (including phenoxy) is 1. The summed E-state index contributed by atoms with van der Waals surface area (Å²) in [5, 5.41) is 3.36. The van der Waals surface area contributed by atoms with Crippen LogP contribution < -0.4 is 5.32 Å². The van der Waals surface area contributed by atoms with Crippen molar-refractivity contribution in [2.45, 2.75) is 32.9 Å². The van der Waals surface area contributed by atoms with E-state index >= 15 is 0 Å². The highest BCUT2D eigenvalue weighted by Crippen LogP contribution is 2.02.